The average Bonchev–Trinajstić information content (AvgIpc) is 2.78. The van der Waals surface area contributed by atoms with Crippen LogP contribution in [0, 0.1) is 5.92 Å². The molecule has 17 heavy (non-hydrogen) atoms. The molecule has 0 saturated carbocycles. The van der Waals surface area contributed by atoms with Crippen LogP contribution in [0.2, 0.25) is 0 Å². The number of ether oxygens (including phenoxy) is 1. The molecule has 1 aliphatic rings. The molecule has 0 radical (unpaired) electrons. The van der Waals surface area contributed by atoms with E-state index in [0.29, 0.717) is 0 Å². The van der Waals surface area contributed by atoms with E-state index < -0.39 is 0 Å². The molecule has 1 saturated heterocycles. The SMILES string of the molecule is COc1ncccc1CN1CCC(CCCl)C1. The second-order valence-electron chi connectivity index (χ2n) is 4.54. The Labute approximate surface area is 108 Å². The number of rotatable bonds is 5. The Morgan fingerprint density at radius 3 is 3.24 bits per heavy atom. The van der Waals surface area contributed by atoms with Crippen LogP contribution in [0.3, 0.4) is 0 Å². The van der Waals surface area contributed by atoms with E-state index >= 15 is 0 Å². The van der Waals surface area contributed by atoms with Crippen LogP contribution in [0.1, 0.15) is 18.4 Å². The summed E-state index contributed by atoms with van der Waals surface area (Å²) in [6.45, 7) is 3.22. The third-order valence-corrected chi connectivity index (χ3v) is 3.54. The highest BCUT2D eigenvalue weighted by Crippen LogP contribution is 2.24. The van der Waals surface area contributed by atoms with Gasteiger partial charge in [0.05, 0.1) is 7.11 Å². The lowest BCUT2D eigenvalue weighted by Gasteiger charge is -2.17. The van der Waals surface area contributed by atoms with E-state index in [0.717, 1.165) is 43.7 Å². The number of pyridine rings is 1. The largest absolute Gasteiger partial charge is 0.481 e. The van der Waals surface area contributed by atoms with Crippen LogP contribution in [0.25, 0.3) is 0 Å². The number of likely N-dealkylation sites (tertiary alicyclic amines) is 1. The normalized spacial score (nSPS) is 20.7. The molecule has 0 bridgehead atoms. The predicted molar refractivity (Wildman–Crippen MR) is 69.5 cm³/mol. The highest BCUT2D eigenvalue weighted by molar-refractivity contribution is 6.17. The first-order valence-electron chi connectivity index (χ1n) is 6.09. The van der Waals surface area contributed by atoms with Crippen molar-refractivity contribution in [3.8, 4) is 5.88 Å². The fourth-order valence-corrected chi connectivity index (χ4v) is 2.72. The van der Waals surface area contributed by atoms with E-state index in [-0.39, 0.29) is 0 Å². The van der Waals surface area contributed by atoms with Gasteiger partial charge in [0.2, 0.25) is 5.88 Å². The third-order valence-electron chi connectivity index (χ3n) is 3.32. The number of hydrogen-bond donors (Lipinski definition) is 0. The molecule has 0 amide bonds. The lowest BCUT2D eigenvalue weighted by atomic mass is 10.1. The van der Waals surface area contributed by atoms with Crippen LogP contribution in [0.15, 0.2) is 18.3 Å². The van der Waals surface area contributed by atoms with Gasteiger partial charge in [-0.25, -0.2) is 4.98 Å². The Kier molecular flexibility index (Phi) is 4.63. The number of nitrogens with zero attached hydrogens (tertiary/aromatic N) is 2. The zero-order valence-corrected chi connectivity index (χ0v) is 11.0. The number of hydrogen-bond acceptors (Lipinski definition) is 3. The molecule has 3 nitrogen and oxygen atoms in total. The molecule has 2 heterocycles. The summed E-state index contributed by atoms with van der Waals surface area (Å²) in [7, 11) is 1.67. The molecular weight excluding hydrogens is 236 g/mol. The van der Waals surface area contributed by atoms with Gasteiger partial charge in [-0.15, -0.1) is 11.6 Å². The molecular formula is C13H19ClN2O. The first-order chi connectivity index (χ1) is 8.33. The topological polar surface area (TPSA) is 25.4 Å². The molecule has 0 N–H and O–H groups in total. The van der Waals surface area contributed by atoms with Crippen LogP contribution < -0.4 is 4.74 Å². The molecule has 1 aromatic rings. The molecule has 1 fully saturated rings. The summed E-state index contributed by atoms with van der Waals surface area (Å²) in [6.07, 6.45) is 4.15. The second-order valence-corrected chi connectivity index (χ2v) is 4.92. The lowest BCUT2D eigenvalue weighted by Crippen LogP contribution is -2.20. The lowest BCUT2D eigenvalue weighted by molar-refractivity contribution is 0.304. The summed E-state index contributed by atoms with van der Waals surface area (Å²) in [6, 6.07) is 4.05. The summed E-state index contributed by atoms with van der Waals surface area (Å²) >= 11 is 5.79. The molecule has 1 aliphatic heterocycles. The monoisotopic (exact) mass is 254 g/mol. The Hall–Kier alpha value is -0.800. The minimum Gasteiger partial charge on any atom is -0.481 e. The van der Waals surface area contributed by atoms with Gasteiger partial charge in [-0.1, -0.05) is 6.07 Å². The van der Waals surface area contributed by atoms with Crippen molar-refractivity contribution in [1.29, 1.82) is 0 Å². The predicted octanol–water partition coefficient (Wildman–Crippen LogP) is 2.54. The Morgan fingerprint density at radius 2 is 2.47 bits per heavy atom. The Bertz CT molecular complexity index is 359. The summed E-state index contributed by atoms with van der Waals surface area (Å²) in [4.78, 5) is 6.68. The van der Waals surface area contributed by atoms with Crippen LogP contribution in [-0.2, 0) is 6.54 Å². The van der Waals surface area contributed by atoms with E-state index in [4.69, 9.17) is 16.3 Å². The van der Waals surface area contributed by atoms with Crippen molar-refractivity contribution in [1.82, 2.24) is 9.88 Å². The minimum atomic E-state index is 0.744. The maximum atomic E-state index is 5.79. The molecule has 94 valence electrons. The van der Waals surface area contributed by atoms with Crippen molar-refractivity contribution >= 4 is 11.6 Å². The fraction of sp³-hybridized carbons (Fsp3) is 0.615. The van der Waals surface area contributed by atoms with Crippen LogP contribution in [-0.4, -0.2) is 36.0 Å². The molecule has 2 rings (SSSR count). The van der Waals surface area contributed by atoms with E-state index in [1.807, 2.05) is 6.07 Å². The van der Waals surface area contributed by atoms with E-state index in [9.17, 15) is 0 Å². The van der Waals surface area contributed by atoms with Gasteiger partial charge in [0, 0.05) is 30.7 Å². The average molecular weight is 255 g/mol. The van der Waals surface area contributed by atoms with Crippen molar-refractivity contribution in [3.63, 3.8) is 0 Å². The van der Waals surface area contributed by atoms with Gasteiger partial charge in [0.15, 0.2) is 0 Å². The maximum absolute atomic E-state index is 5.79. The molecule has 0 aliphatic carbocycles. The van der Waals surface area contributed by atoms with Crippen LogP contribution >= 0.6 is 11.6 Å². The van der Waals surface area contributed by atoms with Gasteiger partial charge in [0.1, 0.15) is 0 Å². The first-order valence-corrected chi connectivity index (χ1v) is 6.63. The summed E-state index contributed by atoms with van der Waals surface area (Å²) in [5.41, 5.74) is 1.17. The number of methoxy groups -OCH3 is 1. The second kappa shape index (κ2) is 6.22. The van der Waals surface area contributed by atoms with Crippen molar-refractivity contribution in [3.05, 3.63) is 23.9 Å². The standard InChI is InChI=1S/C13H19ClN2O/c1-17-13-12(3-2-7-15-13)10-16-8-5-11(9-16)4-6-14/h2-3,7,11H,4-6,8-10H2,1H3. The highest BCUT2D eigenvalue weighted by Gasteiger charge is 2.22. The summed E-state index contributed by atoms with van der Waals surface area (Å²) < 4.78 is 5.27. The maximum Gasteiger partial charge on any atom is 0.217 e. The van der Waals surface area contributed by atoms with E-state index in [1.54, 1.807) is 13.3 Å². The Morgan fingerprint density at radius 1 is 1.59 bits per heavy atom. The smallest absolute Gasteiger partial charge is 0.217 e. The number of alkyl halides is 1. The van der Waals surface area contributed by atoms with Gasteiger partial charge in [0.25, 0.3) is 0 Å². The quantitative estimate of drug-likeness (QED) is 0.755. The van der Waals surface area contributed by atoms with E-state index in [1.165, 1.54) is 12.0 Å². The Balaban J connectivity index is 1.93. The fourth-order valence-electron chi connectivity index (χ4n) is 2.42. The zero-order chi connectivity index (χ0) is 12.1. The van der Waals surface area contributed by atoms with Crippen molar-refractivity contribution < 1.29 is 4.74 Å². The molecule has 4 heteroatoms. The highest BCUT2D eigenvalue weighted by atomic mass is 35.5. The molecule has 1 unspecified atom stereocenters. The van der Waals surface area contributed by atoms with Crippen LogP contribution in [0.5, 0.6) is 5.88 Å². The molecule has 0 aromatic carbocycles. The van der Waals surface area contributed by atoms with Crippen LogP contribution in [0.4, 0.5) is 0 Å². The van der Waals surface area contributed by atoms with Crippen molar-refractivity contribution in [2.45, 2.75) is 19.4 Å². The third kappa shape index (κ3) is 3.33. The van der Waals surface area contributed by atoms with E-state index in [2.05, 4.69) is 16.0 Å². The zero-order valence-electron chi connectivity index (χ0n) is 10.2. The van der Waals surface area contributed by atoms with Crippen molar-refractivity contribution in [2.24, 2.45) is 5.92 Å². The molecule has 1 aromatic heterocycles. The van der Waals surface area contributed by atoms with Gasteiger partial charge < -0.3 is 4.74 Å². The van der Waals surface area contributed by atoms with Gasteiger partial charge in [-0.3, -0.25) is 4.90 Å². The van der Waals surface area contributed by atoms with Gasteiger partial charge in [-0.05, 0) is 31.4 Å². The van der Waals surface area contributed by atoms with Gasteiger partial charge >= 0.3 is 0 Å². The summed E-state index contributed by atoms with van der Waals surface area (Å²) in [5, 5.41) is 0. The molecule has 1 atom stereocenters. The van der Waals surface area contributed by atoms with Gasteiger partial charge in [-0.2, -0.15) is 0 Å². The summed E-state index contributed by atoms with van der Waals surface area (Å²) in [5.74, 6) is 2.28. The van der Waals surface area contributed by atoms with Crippen molar-refractivity contribution in [2.75, 3.05) is 26.1 Å². The minimum absolute atomic E-state index is 0.744. The number of aromatic nitrogens is 1. The first kappa shape index (κ1) is 12.7. The molecule has 0 spiro atoms. The number of halogens is 1.